The standard InChI is InChI=1S/C16H26O5/c1-9-5-6-12-10(2)13(17-4)18-14-16(12)11(9)7-8-15(3,19-14)20-21-16/h9-14H,5-8H2,1-4H3/t9-,10-,11+,12?,13+,14-,15-,16?/m1/s1. The lowest BCUT2D eigenvalue weighted by atomic mass is 9.58. The van der Waals surface area contributed by atoms with E-state index in [2.05, 4.69) is 13.8 Å². The van der Waals surface area contributed by atoms with Crippen LogP contribution < -0.4 is 0 Å². The molecule has 5 rings (SSSR count). The molecule has 5 heteroatoms. The van der Waals surface area contributed by atoms with Gasteiger partial charge in [0.25, 0.3) is 0 Å². The summed E-state index contributed by atoms with van der Waals surface area (Å²) in [6.07, 6.45) is 3.64. The van der Waals surface area contributed by atoms with Gasteiger partial charge in [0.15, 0.2) is 18.2 Å². The number of methoxy groups -OCH3 is 1. The first-order valence-corrected chi connectivity index (χ1v) is 8.23. The SMILES string of the molecule is CO[C@H]1O[C@@H]2O[C@@]3(C)CC[C@H]4[C@H](C)CCC([C@H]1C)C24OO3. The number of fused-ring (bicyclic) bond motifs is 2. The van der Waals surface area contributed by atoms with Gasteiger partial charge in [0.2, 0.25) is 5.79 Å². The van der Waals surface area contributed by atoms with Gasteiger partial charge in [-0.1, -0.05) is 13.8 Å². The lowest BCUT2D eigenvalue weighted by Gasteiger charge is -2.60. The number of ether oxygens (including phenoxy) is 3. The number of rotatable bonds is 1. The van der Waals surface area contributed by atoms with Crippen LogP contribution in [0.15, 0.2) is 0 Å². The molecule has 120 valence electrons. The van der Waals surface area contributed by atoms with Gasteiger partial charge in [0.1, 0.15) is 0 Å². The van der Waals surface area contributed by atoms with Gasteiger partial charge in [0, 0.05) is 25.4 Å². The van der Waals surface area contributed by atoms with Gasteiger partial charge >= 0.3 is 0 Å². The molecule has 0 radical (unpaired) electrons. The zero-order valence-corrected chi connectivity index (χ0v) is 13.3. The van der Waals surface area contributed by atoms with Crippen LogP contribution in [0.5, 0.6) is 0 Å². The van der Waals surface area contributed by atoms with Crippen molar-refractivity contribution in [1.29, 1.82) is 0 Å². The summed E-state index contributed by atoms with van der Waals surface area (Å²) in [5, 5.41) is 0. The third-order valence-electron chi connectivity index (χ3n) is 6.33. The molecule has 0 aromatic heterocycles. The Hall–Kier alpha value is -0.200. The second kappa shape index (κ2) is 4.65. The molecule has 5 fully saturated rings. The Morgan fingerprint density at radius 1 is 1.05 bits per heavy atom. The summed E-state index contributed by atoms with van der Waals surface area (Å²) in [6, 6.07) is 0. The molecule has 8 atom stereocenters. The van der Waals surface area contributed by atoms with Crippen molar-refractivity contribution in [1.82, 2.24) is 0 Å². The van der Waals surface area contributed by atoms with Crippen LogP contribution in [-0.2, 0) is 24.0 Å². The van der Waals surface area contributed by atoms with Gasteiger partial charge in [-0.2, -0.15) is 0 Å². The van der Waals surface area contributed by atoms with Crippen LogP contribution >= 0.6 is 0 Å². The van der Waals surface area contributed by atoms with E-state index in [1.807, 2.05) is 6.92 Å². The largest absolute Gasteiger partial charge is 0.355 e. The normalized spacial score (nSPS) is 59.4. The predicted molar refractivity (Wildman–Crippen MR) is 73.8 cm³/mol. The molecule has 4 aliphatic heterocycles. The third kappa shape index (κ3) is 1.81. The van der Waals surface area contributed by atoms with Crippen molar-refractivity contribution in [3.63, 3.8) is 0 Å². The maximum absolute atomic E-state index is 6.21. The topological polar surface area (TPSA) is 46.2 Å². The predicted octanol–water partition coefficient (Wildman–Crippen LogP) is 2.84. The van der Waals surface area contributed by atoms with Gasteiger partial charge in [-0.25, -0.2) is 9.78 Å². The Morgan fingerprint density at radius 3 is 2.62 bits per heavy atom. The van der Waals surface area contributed by atoms with Gasteiger partial charge in [0.05, 0.1) is 0 Å². The van der Waals surface area contributed by atoms with E-state index >= 15 is 0 Å². The van der Waals surface area contributed by atoms with Crippen molar-refractivity contribution in [2.24, 2.45) is 23.7 Å². The van der Waals surface area contributed by atoms with Crippen LogP contribution in [0.4, 0.5) is 0 Å². The maximum Gasteiger partial charge on any atom is 0.201 e. The van der Waals surface area contributed by atoms with Crippen molar-refractivity contribution < 1.29 is 24.0 Å². The zero-order valence-electron chi connectivity index (χ0n) is 13.3. The van der Waals surface area contributed by atoms with Crippen molar-refractivity contribution in [3.05, 3.63) is 0 Å². The van der Waals surface area contributed by atoms with Crippen LogP contribution in [0.25, 0.3) is 0 Å². The first-order valence-electron chi connectivity index (χ1n) is 8.23. The highest BCUT2D eigenvalue weighted by Gasteiger charge is 2.69. The molecule has 0 amide bonds. The average Bonchev–Trinajstić information content (AvgIpc) is 2.69. The minimum atomic E-state index is -0.698. The van der Waals surface area contributed by atoms with E-state index in [0.717, 1.165) is 19.3 Å². The zero-order chi connectivity index (χ0) is 14.8. The molecule has 1 aliphatic carbocycles. The highest BCUT2D eigenvalue weighted by atomic mass is 17.3. The van der Waals surface area contributed by atoms with E-state index in [-0.39, 0.29) is 12.2 Å². The summed E-state index contributed by atoms with van der Waals surface area (Å²) in [4.78, 5) is 11.8. The van der Waals surface area contributed by atoms with E-state index < -0.39 is 17.7 Å². The minimum Gasteiger partial charge on any atom is -0.355 e. The number of hydrogen-bond donors (Lipinski definition) is 0. The second-order valence-corrected chi connectivity index (χ2v) is 7.51. The molecule has 21 heavy (non-hydrogen) atoms. The fraction of sp³-hybridized carbons (Fsp3) is 1.00. The molecule has 2 unspecified atom stereocenters. The van der Waals surface area contributed by atoms with Gasteiger partial charge in [-0.15, -0.1) is 0 Å². The van der Waals surface area contributed by atoms with Crippen molar-refractivity contribution in [2.75, 3.05) is 7.11 Å². The Labute approximate surface area is 126 Å². The second-order valence-electron chi connectivity index (χ2n) is 7.51. The molecule has 1 saturated carbocycles. The van der Waals surface area contributed by atoms with Crippen molar-refractivity contribution in [3.8, 4) is 0 Å². The first-order chi connectivity index (χ1) is 10.00. The summed E-state index contributed by atoms with van der Waals surface area (Å²) in [7, 11) is 1.70. The molecule has 4 heterocycles. The summed E-state index contributed by atoms with van der Waals surface area (Å²) >= 11 is 0. The molecular formula is C16H26O5. The number of hydrogen-bond acceptors (Lipinski definition) is 5. The monoisotopic (exact) mass is 298 g/mol. The van der Waals surface area contributed by atoms with E-state index in [1.165, 1.54) is 6.42 Å². The molecule has 1 spiro atoms. The van der Waals surface area contributed by atoms with E-state index in [4.69, 9.17) is 24.0 Å². The Balaban J connectivity index is 1.79. The molecule has 4 saturated heterocycles. The fourth-order valence-electron chi connectivity index (χ4n) is 5.14. The molecule has 5 aliphatic rings. The van der Waals surface area contributed by atoms with Crippen LogP contribution in [0, 0.1) is 23.7 Å². The first kappa shape index (κ1) is 14.4. The Bertz CT molecular complexity index is 429. The highest BCUT2D eigenvalue weighted by Crippen LogP contribution is 2.60. The molecule has 2 bridgehead atoms. The molecule has 0 aromatic carbocycles. The van der Waals surface area contributed by atoms with Crippen molar-refractivity contribution >= 4 is 0 Å². The molecular weight excluding hydrogens is 272 g/mol. The lowest BCUT2D eigenvalue weighted by Crippen LogP contribution is -2.70. The fourth-order valence-corrected chi connectivity index (χ4v) is 5.14. The van der Waals surface area contributed by atoms with Gasteiger partial charge < -0.3 is 14.2 Å². The summed E-state index contributed by atoms with van der Waals surface area (Å²) < 4.78 is 17.9. The minimum absolute atomic E-state index is 0.230. The van der Waals surface area contributed by atoms with E-state index in [1.54, 1.807) is 7.11 Å². The smallest absolute Gasteiger partial charge is 0.201 e. The maximum atomic E-state index is 6.21. The molecule has 0 aromatic rings. The van der Waals surface area contributed by atoms with Crippen LogP contribution in [0.3, 0.4) is 0 Å². The van der Waals surface area contributed by atoms with Gasteiger partial charge in [-0.05, 0) is 38.0 Å². The molecule has 0 N–H and O–H groups in total. The highest BCUT2D eigenvalue weighted by molar-refractivity contribution is 5.08. The summed E-state index contributed by atoms with van der Waals surface area (Å²) in [5.41, 5.74) is -0.470. The Kier molecular flexibility index (Phi) is 3.19. The Morgan fingerprint density at radius 2 is 1.86 bits per heavy atom. The third-order valence-corrected chi connectivity index (χ3v) is 6.33. The van der Waals surface area contributed by atoms with Crippen LogP contribution in [0.1, 0.15) is 46.5 Å². The van der Waals surface area contributed by atoms with E-state index in [0.29, 0.717) is 17.8 Å². The summed E-state index contributed by atoms with van der Waals surface area (Å²) in [5.74, 6) is 0.953. The van der Waals surface area contributed by atoms with Crippen LogP contribution in [0.2, 0.25) is 0 Å². The lowest BCUT2D eigenvalue weighted by molar-refractivity contribution is -0.577. The quantitative estimate of drug-likeness (QED) is 0.697. The average molecular weight is 298 g/mol. The van der Waals surface area contributed by atoms with Crippen LogP contribution in [-0.4, -0.2) is 31.1 Å². The molecule has 5 nitrogen and oxygen atoms in total. The van der Waals surface area contributed by atoms with Crippen molar-refractivity contribution in [2.45, 2.75) is 70.4 Å². The van der Waals surface area contributed by atoms with Gasteiger partial charge in [-0.3, -0.25) is 0 Å². The summed E-state index contributed by atoms with van der Waals surface area (Å²) in [6.45, 7) is 6.46. The van der Waals surface area contributed by atoms with E-state index in [9.17, 15) is 0 Å².